The van der Waals surface area contributed by atoms with E-state index in [0.717, 1.165) is 31.7 Å². The van der Waals surface area contributed by atoms with Gasteiger partial charge in [-0.25, -0.2) is 14.4 Å². The molecule has 0 heterocycles. The predicted octanol–water partition coefficient (Wildman–Crippen LogP) is 4.70. The predicted molar refractivity (Wildman–Crippen MR) is 312 cm³/mol. The second-order valence-corrected chi connectivity index (χ2v) is 18.2. The number of ketones is 1. The molecule has 3 unspecified atom stereocenters. The molecule has 29 heteroatoms. The molecule has 0 saturated heterocycles. The third-order valence-electron chi connectivity index (χ3n) is 11.1. The van der Waals surface area contributed by atoms with Crippen LogP contribution in [0.25, 0.3) is 16.0 Å². The van der Waals surface area contributed by atoms with Crippen LogP contribution in [0.3, 0.4) is 0 Å². The van der Waals surface area contributed by atoms with E-state index in [0.29, 0.717) is 69.0 Å². The van der Waals surface area contributed by atoms with Gasteiger partial charge in [-0.1, -0.05) is 113 Å². The van der Waals surface area contributed by atoms with Crippen molar-refractivity contribution in [1.82, 2.24) is 26.6 Å². The summed E-state index contributed by atoms with van der Waals surface area (Å²) in [5.41, 5.74) is 1.38. The van der Waals surface area contributed by atoms with Crippen molar-refractivity contribution in [3.05, 3.63) is 87.7 Å². The fraction of sp³-hybridized carbons (Fsp3) is 0.556. The molecule has 2 aromatic carbocycles. The maximum atomic E-state index is 13.9. The molecule has 0 saturated carbocycles. The van der Waals surface area contributed by atoms with Gasteiger partial charge >= 0.3 is 52.5 Å². The number of Topliss-reactive ketones (excluding diaryl/α,β-unsaturated/α-hetero) is 1. The Morgan fingerprint density at radius 2 is 1.00 bits per heavy atom. The average molecular weight is 1310 g/mol. The van der Waals surface area contributed by atoms with E-state index < -0.39 is 103 Å². The van der Waals surface area contributed by atoms with Gasteiger partial charge in [0.15, 0.2) is 0 Å². The third-order valence-corrected chi connectivity index (χ3v) is 11.4. The summed E-state index contributed by atoms with van der Waals surface area (Å²) in [4.78, 5) is 151. The fourth-order valence-corrected chi connectivity index (χ4v) is 7.26. The number of hydrogen-bond acceptors (Lipinski definition) is 15. The molecule has 0 aromatic heterocycles. The number of nitrogens with one attached hydrogen (secondary N) is 5. The van der Waals surface area contributed by atoms with Crippen molar-refractivity contribution in [3.63, 3.8) is 0 Å². The van der Waals surface area contributed by atoms with Gasteiger partial charge < -0.3 is 89.7 Å². The second kappa shape index (κ2) is 54.7. The van der Waals surface area contributed by atoms with Gasteiger partial charge in [-0.2, -0.15) is 36.6 Å². The second-order valence-electron chi connectivity index (χ2n) is 17.9. The number of aliphatic carboxylic acids is 3. The van der Waals surface area contributed by atoms with Crippen LogP contribution in [-0.4, -0.2) is 143 Å². The van der Waals surface area contributed by atoms with E-state index in [4.69, 9.17) is 23.3 Å². The Morgan fingerprint density at radius 1 is 0.566 bits per heavy atom. The Bertz CT molecular complexity index is 2260. The molecule has 83 heavy (non-hydrogen) atoms. The number of nitrogens with zero attached hydrogens (tertiary/aromatic N) is 3. The van der Waals surface area contributed by atoms with Gasteiger partial charge in [-0.05, 0) is 81.8 Å². The van der Waals surface area contributed by atoms with Crippen molar-refractivity contribution < 1.29 is 100 Å². The molecule has 8 N–H and O–H groups in total. The first-order valence-electron chi connectivity index (χ1n) is 26.3. The van der Waals surface area contributed by atoms with Crippen molar-refractivity contribution in [2.24, 2.45) is 5.92 Å². The van der Waals surface area contributed by atoms with Crippen LogP contribution in [0.4, 0.5) is 4.79 Å². The van der Waals surface area contributed by atoms with Crippen molar-refractivity contribution >= 4 is 111 Å². The molecule has 463 valence electrons. The number of unbranched alkanes of at least 4 members (excludes halogenated alkanes) is 6. The number of hydrogen-bond donors (Lipinski definition) is 8. The normalized spacial score (nSPS) is 11.2. The summed E-state index contributed by atoms with van der Waals surface area (Å²) >= 11 is 5.48. The Balaban J connectivity index is -0.00000295. The number of rotatable bonds is 39. The van der Waals surface area contributed by atoms with Crippen molar-refractivity contribution in [2.75, 3.05) is 38.5 Å². The van der Waals surface area contributed by atoms with Gasteiger partial charge in [0.25, 0.3) is 0 Å². The molecule has 2 aromatic rings. The molecule has 25 nitrogen and oxygen atoms in total. The Labute approximate surface area is 514 Å². The SMILES string of the molecule is CCC.O=C(O)CC[C@H](NC(=O)NCCCCCNC(=O)CCCCCCC(=O)NCCCCC(NC(=O)C(CC(=O)C(Cc1ccccc1)[N-]C(=O)C[N-]C(=O)C[N-]C(=O)C[S-])Cc1ccccc1)C(=O)O)C(=O)O.O=C=O.S.S.[O]=[Tc+4]. The molecule has 8 amide bonds. The van der Waals surface area contributed by atoms with E-state index in [9.17, 15) is 57.8 Å². The standard InChI is InChI=1S/C50H72N8O14S.C3H8.CO2.O.2H2S.Tc/c59-40(39(29-35-18-8-4-9-19-35)56-44(63)32-54-43(62)31-55-45(64)33-73)30-36(28-34-16-6-3-7-17-34)47(67)57-37(48(68)69)20-12-15-26-52-42(61)22-11-2-1-10-21-41(60)51-25-13-5-14-27-53-50(72)58-38(49(70)71)23-24-46(65)66;1-3-2;2-1-3;;;;/h3-4,6-9,16-19,36-39H,1-2,5,10-15,20-33H2,(H12,51,52,53,54,55,56,57,58,60,61,62,63,64,65,66,67,68,69,70,71,72,73);3H2,1-2H3;;;2*1H2;/q;;;;;;+4/p-4/t36?,37?,38-,39?;;;;;;/m0....../s1. The zero-order valence-electron chi connectivity index (χ0n) is 46.7. The van der Waals surface area contributed by atoms with Gasteiger partial charge in [0.2, 0.25) is 17.7 Å². The molecule has 0 bridgehead atoms. The van der Waals surface area contributed by atoms with E-state index >= 15 is 0 Å². The molecule has 0 aliphatic heterocycles. The molecule has 0 radical (unpaired) electrons. The van der Waals surface area contributed by atoms with Crippen molar-refractivity contribution in [1.29, 1.82) is 0 Å². The number of carboxylic acids is 3. The van der Waals surface area contributed by atoms with E-state index in [1.807, 2.05) is 0 Å². The summed E-state index contributed by atoms with van der Waals surface area (Å²) in [5.74, 6) is -9.02. The maximum absolute atomic E-state index is 13.9. The fourth-order valence-electron chi connectivity index (χ4n) is 7.17. The molecule has 0 aliphatic rings. The van der Waals surface area contributed by atoms with Crippen molar-refractivity contribution in [2.45, 2.75) is 148 Å². The third kappa shape index (κ3) is 46.6. The van der Waals surface area contributed by atoms with Crippen LogP contribution < -0.4 is 26.6 Å². The number of urea groups is 1. The van der Waals surface area contributed by atoms with E-state index in [1.165, 1.54) is 6.42 Å². The molecular weight excluding hydrogens is 1230 g/mol. The van der Waals surface area contributed by atoms with Gasteiger partial charge in [0.05, 0.1) is 0 Å². The van der Waals surface area contributed by atoms with E-state index in [1.54, 1.807) is 60.7 Å². The minimum absolute atomic E-state index is 0. The van der Waals surface area contributed by atoms with Gasteiger partial charge in [0.1, 0.15) is 17.9 Å². The molecule has 2 rings (SSSR count). The van der Waals surface area contributed by atoms with Crippen LogP contribution in [-0.2, 0) is 105 Å². The summed E-state index contributed by atoms with van der Waals surface area (Å²) in [6.07, 6.45) is 6.70. The minimum atomic E-state index is -1.32. The summed E-state index contributed by atoms with van der Waals surface area (Å²) in [6, 6.07) is 13.0. The summed E-state index contributed by atoms with van der Waals surface area (Å²) in [7, 11) is 0. The van der Waals surface area contributed by atoms with E-state index in [-0.39, 0.29) is 95.9 Å². The topological polar surface area (TPSA) is 402 Å². The molecule has 0 aliphatic carbocycles. The van der Waals surface area contributed by atoms with Crippen LogP contribution >= 0.6 is 27.0 Å². The zero-order valence-corrected chi connectivity index (χ0v) is 51.4. The van der Waals surface area contributed by atoms with Crippen LogP contribution in [0.2, 0.25) is 0 Å². The van der Waals surface area contributed by atoms with Gasteiger partial charge in [-0.15, -0.1) is 5.75 Å². The number of carbonyl (C=O) groups excluding carboxylic acids is 10. The first-order chi connectivity index (χ1) is 38.8. The summed E-state index contributed by atoms with van der Waals surface area (Å²) < 4.78 is 8.22. The van der Waals surface area contributed by atoms with Crippen LogP contribution in [0, 0.1) is 5.92 Å². The number of benzene rings is 2. The van der Waals surface area contributed by atoms with Crippen LogP contribution in [0.15, 0.2) is 60.7 Å². The quantitative estimate of drug-likeness (QED) is 0.0332. The molecule has 0 fully saturated rings. The summed E-state index contributed by atoms with van der Waals surface area (Å²) in [5, 5.41) is 52.0. The molecule has 4 atom stereocenters. The number of carbonyl (C=O) groups is 11. The number of carboxylic acid groups (broad SMARTS) is 3. The Kier molecular flexibility index (Phi) is 54.7. The van der Waals surface area contributed by atoms with Gasteiger partial charge in [-0.3, -0.25) is 19.2 Å². The van der Waals surface area contributed by atoms with Gasteiger partial charge in [0, 0.05) is 69.0 Å². The molecular formula is C54H80N8O17S3Tc. The Hall–Kier alpha value is -6.51. The monoisotopic (exact) mass is 1310 g/mol. The average Bonchev–Trinajstić information content (AvgIpc) is 3.44. The Morgan fingerprint density at radius 3 is 1.48 bits per heavy atom. The van der Waals surface area contributed by atoms with Crippen LogP contribution in [0.5, 0.6) is 0 Å². The number of amides is 8. The zero-order chi connectivity index (χ0) is 61.2. The van der Waals surface area contributed by atoms with Crippen LogP contribution in [0.1, 0.15) is 128 Å². The first-order valence-corrected chi connectivity index (χ1v) is 27.7. The first kappa shape index (κ1) is 83.0. The van der Waals surface area contributed by atoms with E-state index in [2.05, 4.69) is 69.0 Å². The van der Waals surface area contributed by atoms with Crippen molar-refractivity contribution in [3.8, 4) is 0 Å². The molecule has 0 spiro atoms. The summed E-state index contributed by atoms with van der Waals surface area (Å²) in [6.45, 7) is 3.99.